The highest BCUT2D eigenvalue weighted by Gasteiger charge is 2.54. The van der Waals surface area contributed by atoms with Gasteiger partial charge in [0.1, 0.15) is 29.9 Å². The number of aliphatic carboxylic acids is 1. The van der Waals surface area contributed by atoms with Crippen LogP contribution in [0, 0.1) is 0 Å². The van der Waals surface area contributed by atoms with E-state index in [9.17, 15) is 19.5 Å². The Morgan fingerprint density at radius 1 is 1.40 bits per heavy atom. The zero-order valence-corrected chi connectivity index (χ0v) is 22.5. The fourth-order valence-corrected chi connectivity index (χ4v) is 6.50. The Balaban J connectivity index is 1.20. The Hall–Kier alpha value is -4.09. The number of β-lactam (4-membered cyclic amide) rings is 1. The number of thioether (sulfide) groups is 1. The lowest BCUT2D eigenvalue weighted by Crippen LogP contribution is -2.71. The van der Waals surface area contributed by atoms with Crippen LogP contribution in [0.1, 0.15) is 18.7 Å². The lowest BCUT2D eigenvalue weighted by atomic mass is 10.0. The summed E-state index contributed by atoms with van der Waals surface area (Å²) < 4.78 is 13.0. The third-order valence-corrected chi connectivity index (χ3v) is 8.50. The molecule has 6 rings (SSSR count). The average molecular weight is 587 g/mol. The van der Waals surface area contributed by atoms with E-state index in [0.29, 0.717) is 31.0 Å². The number of amides is 2. The molecule has 3 aromatic rings. The molecule has 208 valence electrons. The number of oxime groups is 1. The van der Waals surface area contributed by atoms with Gasteiger partial charge in [-0.1, -0.05) is 10.3 Å². The highest BCUT2D eigenvalue weighted by molar-refractivity contribution is 8.00. The Kier molecular flexibility index (Phi) is 7.07. The van der Waals surface area contributed by atoms with E-state index in [1.54, 1.807) is 29.2 Å². The number of nitrogens with two attached hydrogens (primary N) is 1. The number of nitrogens with zero attached hydrogens (tertiary/aromatic N) is 7. The van der Waals surface area contributed by atoms with Crippen molar-refractivity contribution in [2.45, 2.75) is 36.9 Å². The standard InChI is InChI=1S/C23H23N9O6S2/c24-23-27-18(29-40-23)15(28-38-13-3-2-8-37-10-13)19(33)26-16-20(34)32-17(22(35)36)12(11-39-21(16)32)9-30-6-7-31-14(30)4-1-5-25-31/h1,4-7,13,16,21H,2-3,8-11H2,(H3-,24,26,27,29,33,35,36)/p+1/b28-15-/t13?,16-,21-/m1/s1. The number of hydrogen-bond donors (Lipinski definition) is 3. The van der Waals surface area contributed by atoms with Crippen LogP contribution in [0.3, 0.4) is 0 Å². The summed E-state index contributed by atoms with van der Waals surface area (Å²) in [6.07, 6.45) is 6.39. The number of anilines is 1. The van der Waals surface area contributed by atoms with Crippen LogP contribution in [0.15, 0.2) is 47.1 Å². The summed E-state index contributed by atoms with van der Waals surface area (Å²) in [6.45, 7) is 1.23. The van der Waals surface area contributed by atoms with Crippen molar-refractivity contribution >= 4 is 57.6 Å². The third-order valence-electron chi connectivity index (χ3n) is 6.62. The van der Waals surface area contributed by atoms with Gasteiger partial charge in [-0.05, 0) is 18.9 Å². The van der Waals surface area contributed by atoms with Crippen molar-refractivity contribution in [3.05, 3.63) is 47.8 Å². The van der Waals surface area contributed by atoms with Crippen molar-refractivity contribution in [3.8, 4) is 0 Å². The van der Waals surface area contributed by atoms with Crippen LogP contribution in [0.25, 0.3) is 5.65 Å². The number of rotatable bonds is 8. The number of imidazole rings is 1. The fourth-order valence-electron chi connectivity index (χ4n) is 4.73. The van der Waals surface area contributed by atoms with Crippen LogP contribution in [0.5, 0.6) is 0 Å². The molecule has 3 aliphatic rings. The first-order valence-electron chi connectivity index (χ1n) is 12.3. The van der Waals surface area contributed by atoms with Gasteiger partial charge in [-0.25, -0.2) is 9.36 Å². The maximum Gasteiger partial charge on any atom is 0.352 e. The molecule has 0 aliphatic carbocycles. The first-order chi connectivity index (χ1) is 19.4. The maximum atomic E-state index is 13.3. The second kappa shape index (κ2) is 10.8. The highest BCUT2D eigenvalue weighted by Crippen LogP contribution is 2.40. The number of hydrogen-bond acceptors (Lipinski definition) is 12. The van der Waals surface area contributed by atoms with E-state index in [1.165, 1.54) is 16.7 Å². The van der Waals surface area contributed by atoms with Crippen LogP contribution in [-0.2, 0) is 30.5 Å². The van der Waals surface area contributed by atoms with Gasteiger partial charge in [-0.15, -0.1) is 16.3 Å². The van der Waals surface area contributed by atoms with Gasteiger partial charge in [-0.3, -0.25) is 14.5 Å². The number of carboxylic acids is 1. The van der Waals surface area contributed by atoms with E-state index in [4.69, 9.17) is 15.3 Å². The van der Waals surface area contributed by atoms with Gasteiger partial charge in [0.05, 0.1) is 12.8 Å². The Morgan fingerprint density at radius 3 is 3.02 bits per heavy atom. The molecular weight excluding hydrogens is 562 g/mol. The molecule has 0 saturated carbocycles. The predicted molar refractivity (Wildman–Crippen MR) is 141 cm³/mol. The minimum absolute atomic E-state index is 0.0311. The number of carbonyl (C=O) groups excluding carboxylic acids is 2. The zero-order valence-electron chi connectivity index (χ0n) is 20.9. The van der Waals surface area contributed by atoms with E-state index in [0.717, 1.165) is 23.6 Å². The molecule has 0 radical (unpaired) electrons. The maximum absolute atomic E-state index is 13.3. The first kappa shape index (κ1) is 26.1. The first-order valence-corrected chi connectivity index (χ1v) is 14.2. The van der Waals surface area contributed by atoms with Gasteiger partial charge in [0.15, 0.2) is 17.4 Å². The number of nitrogens with one attached hydrogen (secondary N) is 1. The summed E-state index contributed by atoms with van der Waals surface area (Å²) in [6, 6.07) is 2.68. The number of carbonyl (C=O) groups is 3. The zero-order chi connectivity index (χ0) is 27.8. The second-order valence-electron chi connectivity index (χ2n) is 9.21. The van der Waals surface area contributed by atoms with Crippen LogP contribution in [0.4, 0.5) is 5.13 Å². The molecule has 2 amide bonds. The van der Waals surface area contributed by atoms with E-state index in [-0.39, 0.29) is 35.0 Å². The van der Waals surface area contributed by atoms with Crippen molar-refractivity contribution in [3.63, 3.8) is 0 Å². The Morgan fingerprint density at radius 2 is 2.27 bits per heavy atom. The summed E-state index contributed by atoms with van der Waals surface area (Å²) in [7, 11) is 0. The largest absolute Gasteiger partial charge is 0.477 e. The average Bonchev–Trinajstić information content (AvgIpc) is 3.58. The summed E-state index contributed by atoms with van der Waals surface area (Å²) in [5, 5.41) is 20.5. The molecule has 0 spiro atoms. The van der Waals surface area contributed by atoms with Gasteiger partial charge < -0.3 is 25.7 Å². The Bertz CT molecular complexity index is 1550. The molecule has 2 saturated heterocycles. The molecule has 15 nitrogen and oxygen atoms in total. The minimum atomic E-state index is -1.21. The van der Waals surface area contributed by atoms with E-state index in [2.05, 4.69) is 24.9 Å². The monoisotopic (exact) mass is 586 g/mol. The molecule has 0 aromatic carbocycles. The molecule has 4 N–H and O–H groups in total. The molecule has 0 bridgehead atoms. The highest BCUT2D eigenvalue weighted by atomic mass is 32.2. The third kappa shape index (κ3) is 4.86. The summed E-state index contributed by atoms with van der Waals surface area (Å²) in [5.74, 6) is -2.17. The summed E-state index contributed by atoms with van der Waals surface area (Å²) in [4.78, 5) is 49.6. The smallest absolute Gasteiger partial charge is 0.352 e. The van der Waals surface area contributed by atoms with E-state index >= 15 is 0 Å². The molecular formula is C23H24N9O6S2+. The van der Waals surface area contributed by atoms with Crippen LogP contribution in [0.2, 0.25) is 0 Å². The molecule has 1 unspecified atom stereocenters. The van der Waals surface area contributed by atoms with Gasteiger partial charge in [0.25, 0.3) is 11.8 Å². The van der Waals surface area contributed by atoms with Crippen molar-refractivity contribution in [2.24, 2.45) is 5.16 Å². The molecule has 6 heterocycles. The number of carboxylic acid groups (broad SMARTS) is 1. The summed E-state index contributed by atoms with van der Waals surface area (Å²) >= 11 is 2.26. The quantitative estimate of drug-likeness (QED) is 0.132. The molecule has 3 atom stereocenters. The van der Waals surface area contributed by atoms with Crippen molar-refractivity contribution in [2.75, 3.05) is 24.7 Å². The topological polar surface area (TPSA) is 191 Å². The van der Waals surface area contributed by atoms with Gasteiger partial charge in [0, 0.05) is 35.5 Å². The van der Waals surface area contributed by atoms with E-state index in [1.807, 2.05) is 10.6 Å². The predicted octanol–water partition coefficient (Wildman–Crippen LogP) is -0.606. The van der Waals surface area contributed by atoms with E-state index < -0.39 is 29.2 Å². The van der Waals surface area contributed by atoms with Gasteiger partial charge in [0.2, 0.25) is 11.5 Å². The lowest BCUT2D eigenvalue weighted by Gasteiger charge is -2.49. The molecule has 2 fully saturated rings. The van der Waals surface area contributed by atoms with Gasteiger partial charge in [-0.2, -0.15) is 9.36 Å². The lowest BCUT2D eigenvalue weighted by molar-refractivity contribution is -0.662. The number of nitrogen functional groups attached to an aromatic ring is 1. The van der Waals surface area contributed by atoms with Crippen molar-refractivity contribution in [1.82, 2.24) is 29.2 Å². The van der Waals surface area contributed by atoms with Crippen molar-refractivity contribution in [1.29, 1.82) is 0 Å². The molecule has 3 aromatic heterocycles. The number of ether oxygens (including phenoxy) is 1. The number of aromatic nitrogens is 5. The van der Waals surface area contributed by atoms with Crippen LogP contribution in [-0.4, -0.2) is 89.0 Å². The fraction of sp³-hybridized carbons (Fsp3) is 0.391. The van der Waals surface area contributed by atoms with Crippen LogP contribution < -0.4 is 15.6 Å². The van der Waals surface area contributed by atoms with Crippen LogP contribution >= 0.6 is 23.3 Å². The summed E-state index contributed by atoms with van der Waals surface area (Å²) in [5.41, 5.74) is 6.74. The molecule has 3 aliphatic heterocycles. The normalized spacial score (nSPS) is 23.1. The SMILES string of the molecule is Nc1nc(/C(=N/OC2CCCOC2)C(=O)N[C@@H]2C(=O)N3C(C(=O)O)=C(C[n+]4ccn5ncccc54)CS[C@H]23)ns1. The van der Waals surface area contributed by atoms with Crippen molar-refractivity contribution < 1.29 is 33.6 Å². The number of fused-ring (bicyclic) bond motifs is 2. The molecule has 40 heavy (non-hydrogen) atoms. The minimum Gasteiger partial charge on any atom is -0.477 e. The molecule has 17 heteroatoms. The second-order valence-corrected chi connectivity index (χ2v) is 11.1. The van der Waals surface area contributed by atoms with Gasteiger partial charge >= 0.3 is 11.6 Å². The Labute approximate surface area is 234 Å².